The third-order valence-corrected chi connectivity index (χ3v) is 5.37. The van der Waals surface area contributed by atoms with Crippen molar-refractivity contribution in [3.63, 3.8) is 0 Å². The molecule has 0 fully saturated rings. The minimum Gasteiger partial charge on any atom is -0.479 e. The Morgan fingerprint density at radius 1 is 1.22 bits per heavy atom. The monoisotopic (exact) mass is 396 g/mol. The molecule has 1 aliphatic heterocycles. The summed E-state index contributed by atoms with van der Waals surface area (Å²) in [6, 6.07) is 11.2. The van der Waals surface area contributed by atoms with Gasteiger partial charge in [0.15, 0.2) is 6.10 Å². The molecule has 8 heteroatoms. The first-order valence-electron chi connectivity index (χ1n) is 6.76. The maximum atomic E-state index is 12.5. The molecule has 0 saturated heterocycles. The van der Waals surface area contributed by atoms with Crippen LogP contribution in [-0.2, 0) is 14.8 Å². The van der Waals surface area contributed by atoms with Gasteiger partial charge in [-0.2, -0.15) is 0 Å². The molecule has 6 nitrogen and oxygen atoms in total. The van der Waals surface area contributed by atoms with E-state index in [9.17, 15) is 13.2 Å². The van der Waals surface area contributed by atoms with Gasteiger partial charge < -0.3 is 10.1 Å². The molecule has 3 rings (SSSR count). The molecule has 0 spiro atoms. The average Bonchev–Trinajstić information content (AvgIpc) is 2.50. The van der Waals surface area contributed by atoms with Crippen molar-refractivity contribution >= 4 is 43.2 Å². The van der Waals surface area contributed by atoms with Crippen molar-refractivity contribution in [2.24, 2.45) is 0 Å². The number of para-hydroxylation sites is 1. The quantitative estimate of drug-likeness (QED) is 0.834. The normalized spacial score (nSPS) is 17.0. The second-order valence-electron chi connectivity index (χ2n) is 4.99. The van der Waals surface area contributed by atoms with Crippen molar-refractivity contribution < 1.29 is 17.9 Å². The Bertz CT molecular complexity index is 883. The maximum Gasteiger partial charge on any atom is 0.265 e. The first-order chi connectivity index (χ1) is 10.9. The summed E-state index contributed by atoms with van der Waals surface area (Å²) >= 11 is 3.29. The molecule has 2 aromatic carbocycles. The molecule has 0 bridgehead atoms. The van der Waals surface area contributed by atoms with E-state index in [1.807, 2.05) is 0 Å². The molecule has 1 atom stereocenters. The first-order valence-corrected chi connectivity index (χ1v) is 9.03. The summed E-state index contributed by atoms with van der Waals surface area (Å²) in [5, 5.41) is 2.63. The molecule has 120 valence electrons. The van der Waals surface area contributed by atoms with E-state index >= 15 is 0 Å². The number of fused-ring (bicyclic) bond motifs is 1. The lowest BCUT2D eigenvalue weighted by molar-refractivity contribution is -0.122. The van der Waals surface area contributed by atoms with Crippen molar-refractivity contribution in [2.45, 2.75) is 17.9 Å². The van der Waals surface area contributed by atoms with E-state index in [1.54, 1.807) is 31.2 Å². The van der Waals surface area contributed by atoms with Gasteiger partial charge in [-0.15, -0.1) is 0 Å². The molecule has 2 N–H and O–H groups in total. The van der Waals surface area contributed by atoms with Gasteiger partial charge in [-0.05, 0) is 53.2 Å². The first kappa shape index (κ1) is 15.8. The Balaban J connectivity index is 1.94. The van der Waals surface area contributed by atoms with Crippen molar-refractivity contribution in [1.82, 2.24) is 0 Å². The van der Waals surface area contributed by atoms with Gasteiger partial charge in [0, 0.05) is 4.47 Å². The Kier molecular flexibility index (Phi) is 4.03. The highest BCUT2D eigenvalue weighted by atomic mass is 79.9. The van der Waals surface area contributed by atoms with Gasteiger partial charge >= 0.3 is 0 Å². The minimum absolute atomic E-state index is 0.0328. The number of nitrogens with one attached hydrogen (secondary N) is 2. The van der Waals surface area contributed by atoms with Crippen molar-refractivity contribution in [2.75, 3.05) is 10.0 Å². The summed E-state index contributed by atoms with van der Waals surface area (Å²) in [6.45, 7) is 1.62. The van der Waals surface area contributed by atoms with Crippen LogP contribution < -0.4 is 14.8 Å². The number of amides is 1. The van der Waals surface area contributed by atoms with Gasteiger partial charge in [0.25, 0.3) is 15.9 Å². The average molecular weight is 397 g/mol. The van der Waals surface area contributed by atoms with Crippen molar-refractivity contribution in [1.29, 1.82) is 0 Å². The molecule has 0 aliphatic carbocycles. The SMILES string of the molecule is CC1Oc2ccc(S(=O)(=O)Nc3ccccc3Br)cc2NC1=O. The van der Waals surface area contributed by atoms with Crippen LogP contribution in [0.3, 0.4) is 0 Å². The van der Waals surface area contributed by atoms with Crippen LogP contribution in [-0.4, -0.2) is 20.4 Å². The molecule has 0 radical (unpaired) electrons. The van der Waals surface area contributed by atoms with E-state index in [0.717, 1.165) is 0 Å². The zero-order valence-corrected chi connectivity index (χ0v) is 14.4. The molecule has 1 heterocycles. The topological polar surface area (TPSA) is 84.5 Å². The third kappa shape index (κ3) is 3.18. The second kappa shape index (κ2) is 5.86. The highest BCUT2D eigenvalue weighted by Gasteiger charge is 2.25. The van der Waals surface area contributed by atoms with Crippen LogP contribution in [0.2, 0.25) is 0 Å². The van der Waals surface area contributed by atoms with E-state index in [1.165, 1.54) is 18.2 Å². The number of carbonyl (C=O) groups excluding carboxylic acids is 1. The van der Waals surface area contributed by atoms with Crippen LogP contribution in [0.4, 0.5) is 11.4 Å². The third-order valence-electron chi connectivity index (χ3n) is 3.31. The summed E-state index contributed by atoms with van der Waals surface area (Å²) in [7, 11) is -3.79. The van der Waals surface area contributed by atoms with E-state index in [-0.39, 0.29) is 10.8 Å². The Morgan fingerprint density at radius 3 is 2.70 bits per heavy atom. The van der Waals surface area contributed by atoms with Crippen molar-refractivity contribution in [3.05, 3.63) is 46.9 Å². The van der Waals surface area contributed by atoms with Gasteiger partial charge in [-0.25, -0.2) is 8.42 Å². The molecule has 23 heavy (non-hydrogen) atoms. The van der Waals surface area contributed by atoms with Crippen molar-refractivity contribution in [3.8, 4) is 5.75 Å². The summed E-state index contributed by atoms with van der Waals surface area (Å²) in [4.78, 5) is 11.7. The summed E-state index contributed by atoms with van der Waals surface area (Å²) < 4.78 is 33.5. The van der Waals surface area contributed by atoms with Gasteiger partial charge in [-0.3, -0.25) is 9.52 Å². The zero-order chi connectivity index (χ0) is 16.6. The van der Waals surface area contributed by atoms with E-state index < -0.39 is 16.1 Å². The van der Waals surface area contributed by atoms with Crippen LogP contribution in [0.1, 0.15) is 6.92 Å². The fourth-order valence-corrected chi connectivity index (χ4v) is 3.72. The van der Waals surface area contributed by atoms with Gasteiger partial charge in [0.05, 0.1) is 16.3 Å². The van der Waals surface area contributed by atoms with Gasteiger partial charge in [0.1, 0.15) is 5.75 Å². The molecular formula is C15H13BrN2O4S. The predicted octanol–water partition coefficient (Wildman–Crippen LogP) is 2.97. The van der Waals surface area contributed by atoms with Crippen LogP contribution in [0, 0.1) is 0 Å². The van der Waals surface area contributed by atoms with Gasteiger partial charge in [-0.1, -0.05) is 12.1 Å². The second-order valence-corrected chi connectivity index (χ2v) is 7.53. The summed E-state index contributed by atoms with van der Waals surface area (Å²) in [5.41, 5.74) is 0.766. The lowest BCUT2D eigenvalue weighted by Gasteiger charge is -2.23. The van der Waals surface area contributed by atoms with Crippen LogP contribution in [0.25, 0.3) is 0 Å². The molecule has 1 unspecified atom stereocenters. The minimum atomic E-state index is -3.79. The smallest absolute Gasteiger partial charge is 0.265 e. The van der Waals surface area contributed by atoms with Crippen LogP contribution in [0.5, 0.6) is 5.75 Å². The predicted molar refractivity (Wildman–Crippen MR) is 90.1 cm³/mol. The number of carbonyl (C=O) groups is 1. The molecule has 1 aliphatic rings. The summed E-state index contributed by atoms with van der Waals surface area (Å²) in [5.74, 6) is 0.128. The Morgan fingerprint density at radius 2 is 1.96 bits per heavy atom. The highest BCUT2D eigenvalue weighted by molar-refractivity contribution is 9.10. The van der Waals surface area contributed by atoms with Crippen LogP contribution >= 0.6 is 15.9 Å². The number of halogens is 1. The number of hydrogen-bond acceptors (Lipinski definition) is 4. The van der Waals surface area contributed by atoms with E-state index in [0.29, 0.717) is 21.6 Å². The number of ether oxygens (including phenoxy) is 1. The highest BCUT2D eigenvalue weighted by Crippen LogP contribution is 2.33. The molecular weight excluding hydrogens is 384 g/mol. The fraction of sp³-hybridized carbons (Fsp3) is 0.133. The largest absolute Gasteiger partial charge is 0.479 e. The number of anilines is 2. The Labute approximate surface area is 142 Å². The lowest BCUT2D eigenvalue weighted by atomic mass is 10.2. The number of benzene rings is 2. The van der Waals surface area contributed by atoms with E-state index in [2.05, 4.69) is 26.0 Å². The number of sulfonamides is 1. The Hall–Kier alpha value is -2.06. The maximum absolute atomic E-state index is 12.5. The fourth-order valence-electron chi connectivity index (χ4n) is 2.10. The molecule has 0 aromatic heterocycles. The standard InChI is InChI=1S/C15H13BrN2O4S/c1-9-15(19)17-13-8-10(6-7-14(13)22-9)23(20,21)18-12-5-3-2-4-11(12)16/h2-9,18H,1H3,(H,17,19). The molecule has 2 aromatic rings. The molecule has 1 amide bonds. The molecule has 0 saturated carbocycles. The zero-order valence-electron chi connectivity index (χ0n) is 12.0. The van der Waals surface area contributed by atoms with Gasteiger partial charge in [0.2, 0.25) is 0 Å². The number of rotatable bonds is 3. The lowest BCUT2D eigenvalue weighted by Crippen LogP contribution is -2.34. The van der Waals surface area contributed by atoms with E-state index in [4.69, 9.17) is 4.74 Å². The summed E-state index contributed by atoms with van der Waals surface area (Å²) in [6.07, 6.45) is -0.608. The number of hydrogen-bond donors (Lipinski definition) is 2. The van der Waals surface area contributed by atoms with Crippen LogP contribution in [0.15, 0.2) is 51.8 Å².